The van der Waals surface area contributed by atoms with Gasteiger partial charge in [-0.25, -0.2) is 0 Å². The lowest BCUT2D eigenvalue weighted by Gasteiger charge is -2.24. The maximum absolute atomic E-state index is 11.6. The second-order valence-corrected chi connectivity index (χ2v) is 4.17. The summed E-state index contributed by atoms with van der Waals surface area (Å²) in [5.74, 6) is -0.518. The summed E-state index contributed by atoms with van der Waals surface area (Å²) < 4.78 is 0. The van der Waals surface area contributed by atoms with Gasteiger partial charge in [-0.1, -0.05) is 6.07 Å². The first-order valence-corrected chi connectivity index (χ1v) is 5.78. The summed E-state index contributed by atoms with van der Waals surface area (Å²) in [6.07, 6.45) is 0.837. The van der Waals surface area contributed by atoms with Crippen LogP contribution in [0.25, 0.3) is 0 Å². The number of para-hydroxylation sites is 1. The Morgan fingerprint density at radius 3 is 2.83 bits per heavy atom. The van der Waals surface area contributed by atoms with E-state index in [4.69, 9.17) is 5.73 Å². The van der Waals surface area contributed by atoms with E-state index in [0.29, 0.717) is 18.5 Å². The van der Waals surface area contributed by atoms with Crippen molar-refractivity contribution in [3.05, 3.63) is 18.2 Å². The monoisotopic (exact) mass is 248 g/mol. The second kappa shape index (κ2) is 4.95. The molecule has 1 aliphatic rings. The summed E-state index contributed by atoms with van der Waals surface area (Å²) in [4.78, 5) is 22.7. The Kier molecular flexibility index (Phi) is 3.36. The van der Waals surface area contributed by atoms with Crippen molar-refractivity contribution in [2.24, 2.45) is 0 Å². The van der Waals surface area contributed by atoms with Gasteiger partial charge in [-0.2, -0.15) is 0 Å². The Morgan fingerprint density at radius 1 is 1.39 bits per heavy atom. The van der Waals surface area contributed by atoms with Crippen molar-refractivity contribution >= 4 is 28.9 Å². The molecule has 1 aromatic carbocycles. The third-order valence-electron chi connectivity index (χ3n) is 2.92. The van der Waals surface area contributed by atoms with Gasteiger partial charge in [0.25, 0.3) is 0 Å². The van der Waals surface area contributed by atoms with Crippen LogP contribution in [0.15, 0.2) is 18.2 Å². The van der Waals surface area contributed by atoms with Crippen LogP contribution in [0.5, 0.6) is 0 Å². The average Bonchev–Trinajstić information content (AvgIpc) is 2.33. The summed E-state index contributed by atoms with van der Waals surface area (Å²) in [7, 11) is 1.77. The highest BCUT2D eigenvalue weighted by molar-refractivity contribution is 6.02. The first-order chi connectivity index (χ1) is 8.61. The molecule has 0 aromatic heterocycles. The third-order valence-corrected chi connectivity index (χ3v) is 2.92. The van der Waals surface area contributed by atoms with Gasteiger partial charge in [-0.15, -0.1) is 0 Å². The molecule has 1 aromatic rings. The molecular formula is C12H16N4O2. The van der Waals surface area contributed by atoms with Gasteiger partial charge in [-0.05, 0) is 18.6 Å². The minimum Gasteiger partial charge on any atom is -0.397 e. The molecule has 0 saturated carbocycles. The predicted octanol–water partition coefficient (Wildman–Crippen LogP) is 0.528. The minimum absolute atomic E-state index is 0.223. The molecule has 18 heavy (non-hydrogen) atoms. The number of amides is 2. The van der Waals surface area contributed by atoms with Crippen molar-refractivity contribution < 1.29 is 9.59 Å². The molecule has 1 unspecified atom stereocenters. The molecule has 6 heteroatoms. The van der Waals surface area contributed by atoms with Gasteiger partial charge in [0.1, 0.15) is 6.04 Å². The van der Waals surface area contributed by atoms with Gasteiger partial charge in [0.05, 0.1) is 17.1 Å². The highest BCUT2D eigenvalue weighted by Crippen LogP contribution is 2.28. The maximum atomic E-state index is 11.6. The first kappa shape index (κ1) is 12.2. The molecule has 0 spiro atoms. The smallest absolute Gasteiger partial charge is 0.249 e. The normalized spacial score (nSPS) is 19.3. The molecule has 6 nitrogen and oxygen atoms in total. The molecule has 5 N–H and O–H groups in total. The lowest BCUT2D eigenvalue weighted by atomic mass is 10.1. The van der Waals surface area contributed by atoms with Crippen molar-refractivity contribution in [3.63, 3.8) is 0 Å². The van der Waals surface area contributed by atoms with Crippen molar-refractivity contribution in [3.8, 4) is 0 Å². The summed E-state index contributed by atoms with van der Waals surface area (Å²) in [5.41, 5.74) is 7.95. The SMILES string of the molecule is CNc1c(N)cccc1NC1CCC(=O)NC1=O. The molecule has 0 aliphatic carbocycles. The number of carbonyl (C=O) groups excluding carboxylic acids is 2. The number of nitrogens with two attached hydrogens (primary N) is 1. The molecule has 1 atom stereocenters. The summed E-state index contributed by atoms with van der Waals surface area (Å²) >= 11 is 0. The van der Waals surface area contributed by atoms with Crippen LogP contribution in [0.3, 0.4) is 0 Å². The highest BCUT2D eigenvalue weighted by atomic mass is 16.2. The van der Waals surface area contributed by atoms with Gasteiger partial charge in [0.2, 0.25) is 11.8 Å². The average molecular weight is 248 g/mol. The van der Waals surface area contributed by atoms with E-state index in [2.05, 4.69) is 16.0 Å². The first-order valence-electron chi connectivity index (χ1n) is 5.78. The summed E-state index contributed by atoms with van der Waals surface area (Å²) in [6, 6.07) is 5.02. The van der Waals surface area contributed by atoms with Crippen LogP contribution in [0.4, 0.5) is 17.1 Å². The Morgan fingerprint density at radius 2 is 2.17 bits per heavy atom. The summed E-state index contributed by atoms with van der Waals surface area (Å²) in [5, 5.41) is 8.41. The number of carbonyl (C=O) groups is 2. The molecule has 1 fully saturated rings. The zero-order valence-electron chi connectivity index (χ0n) is 10.1. The number of rotatable bonds is 3. The second-order valence-electron chi connectivity index (χ2n) is 4.17. The predicted molar refractivity (Wildman–Crippen MR) is 70.2 cm³/mol. The molecule has 1 saturated heterocycles. The molecular weight excluding hydrogens is 232 g/mol. The lowest BCUT2D eigenvalue weighted by Crippen LogP contribution is -2.47. The van der Waals surface area contributed by atoms with Crippen LogP contribution in [0.1, 0.15) is 12.8 Å². The highest BCUT2D eigenvalue weighted by Gasteiger charge is 2.26. The zero-order valence-corrected chi connectivity index (χ0v) is 10.1. The number of benzene rings is 1. The number of imide groups is 1. The van der Waals surface area contributed by atoms with Crippen LogP contribution in [0, 0.1) is 0 Å². The number of nitrogen functional groups attached to an aromatic ring is 1. The van der Waals surface area contributed by atoms with E-state index < -0.39 is 6.04 Å². The summed E-state index contributed by atoms with van der Waals surface area (Å²) in [6.45, 7) is 0. The van der Waals surface area contributed by atoms with Crippen molar-refractivity contribution in [2.45, 2.75) is 18.9 Å². The van der Waals surface area contributed by atoms with E-state index in [0.717, 1.165) is 11.4 Å². The Balaban J connectivity index is 2.17. The van der Waals surface area contributed by atoms with E-state index in [1.807, 2.05) is 12.1 Å². The molecule has 0 radical (unpaired) electrons. The third kappa shape index (κ3) is 2.37. The van der Waals surface area contributed by atoms with Gasteiger partial charge < -0.3 is 16.4 Å². The quantitative estimate of drug-likeness (QED) is 0.462. The van der Waals surface area contributed by atoms with Crippen LogP contribution >= 0.6 is 0 Å². The van der Waals surface area contributed by atoms with Crippen LogP contribution in [-0.4, -0.2) is 24.9 Å². The van der Waals surface area contributed by atoms with Gasteiger partial charge in [-0.3, -0.25) is 14.9 Å². The molecule has 1 heterocycles. The van der Waals surface area contributed by atoms with E-state index in [-0.39, 0.29) is 11.8 Å². The van der Waals surface area contributed by atoms with Crippen LogP contribution < -0.4 is 21.7 Å². The fourth-order valence-electron chi connectivity index (χ4n) is 1.99. The Hall–Kier alpha value is -2.24. The van der Waals surface area contributed by atoms with Gasteiger partial charge in [0, 0.05) is 13.5 Å². The van der Waals surface area contributed by atoms with Crippen molar-refractivity contribution in [1.82, 2.24) is 5.32 Å². The topological polar surface area (TPSA) is 96.2 Å². The van der Waals surface area contributed by atoms with E-state index >= 15 is 0 Å². The molecule has 0 bridgehead atoms. The fraction of sp³-hybridized carbons (Fsp3) is 0.333. The number of hydrogen-bond donors (Lipinski definition) is 4. The fourth-order valence-corrected chi connectivity index (χ4v) is 1.99. The molecule has 2 rings (SSSR count). The van der Waals surface area contributed by atoms with E-state index in [1.54, 1.807) is 13.1 Å². The Labute approximate surface area is 105 Å². The minimum atomic E-state index is -0.406. The standard InChI is InChI=1S/C12H16N4O2/c1-14-11-7(13)3-2-4-8(11)15-9-5-6-10(17)16-12(9)18/h2-4,9,14-15H,5-6,13H2,1H3,(H,16,17,18). The zero-order chi connectivity index (χ0) is 13.1. The molecule has 96 valence electrons. The van der Waals surface area contributed by atoms with Gasteiger partial charge >= 0.3 is 0 Å². The van der Waals surface area contributed by atoms with Crippen LogP contribution in [0.2, 0.25) is 0 Å². The molecule has 2 amide bonds. The molecule has 1 aliphatic heterocycles. The van der Waals surface area contributed by atoms with E-state index in [1.165, 1.54) is 0 Å². The largest absolute Gasteiger partial charge is 0.397 e. The lowest BCUT2D eigenvalue weighted by molar-refractivity contribution is -0.133. The number of hydrogen-bond acceptors (Lipinski definition) is 5. The van der Waals surface area contributed by atoms with Gasteiger partial charge in [0.15, 0.2) is 0 Å². The maximum Gasteiger partial charge on any atom is 0.249 e. The van der Waals surface area contributed by atoms with Crippen molar-refractivity contribution in [1.29, 1.82) is 0 Å². The van der Waals surface area contributed by atoms with Crippen molar-refractivity contribution in [2.75, 3.05) is 23.4 Å². The number of piperidine rings is 1. The van der Waals surface area contributed by atoms with E-state index in [9.17, 15) is 9.59 Å². The Bertz CT molecular complexity index is 487. The number of nitrogens with one attached hydrogen (secondary N) is 3. The number of anilines is 3. The van der Waals surface area contributed by atoms with Crippen LogP contribution in [-0.2, 0) is 9.59 Å².